The first-order valence-electron chi connectivity index (χ1n) is 5.81. The van der Waals surface area contributed by atoms with Crippen molar-refractivity contribution in [2.45, 2.75) is 53.4 Å². The van der Waals surface area contributed by atoms with E-state index >= 15 is 0 Å². The minimum absolute atomic E-state index is 1.05. The maximum absolute atomic E-state index is 2.34. The lowest BCUT2D eigenvalue weighted by Crippen LogP contribution is -2.08. The SMILES string of the molecule is CC.CC1CCCC1.CCN(C)C. The van der Waals surface area contributed by atoms with E-state index in [1.54, 1.807) is 0 Å². The van der Waals surface area contributed by atoms with Crippen LogP contribution in [0, 0.1) is 5.92 Å². The van der Waals surface area contributed by atoms with Crippen LogP contribution < -0.4 is 0 Å². The van der Waals surface area contributed by atoms with Gasteiger partial charge in [0.1, 0.15) is 0 Å². The second-order valence-corrected chi connectivity index (χ2v) is 3.79. The van der Waals surface area contributed by atoms with Crippen LogP contribution in [-0.4, -0.2) is 25.5 Å². The zero-order valence-corrected chi connectivity index (χ0v) is 10.6. The predicted octanol–water partition coefficient (Wildman–Crippen LogP) is 3.79. The summed E-state index contributed by atoms with van der Waals surface area (Å²) in [5.41, 5.74) is 0. The molecule has 0 heterocycles. The molecule has 1 rings (SSSR count). The minimum Gasteiger partial charge on any atom is -0.310 e. The Balaban J connectivity index is 0. The molecular weight excluding hydrogens is 158 g/mol. The first kappa shape index (κ1) is 15.4. The highest BCUT2D eigenvalue weighted by Crippen LogP contribution is 2.22. The first-order chi connectivity index (χ1) is 6.16. The lowest BCUT2D eigenvalue weighted by Gasteiger charge is -2.00. The van der Waals surface area contributed by atoms with Gasteiger partial charge < -0.3 is 4.90 Å². The van der Waals surface area contributed by atoms with Gasteiger partial charge in [0.15, 0.2) is 0 Å². The monoisotopic (exact) mass is 187 g/mol. The Kier molecular flexibility index (Phi) is 14.2. The molecule has 0 spiro atoms. The van der Waals surface area contributed by atoms with Gasteiger partial charge in [0.2, 0.25) is 0 Å². The molecule has 0 bridgehead atoms. The third kappa shape index (κ3) is 14.8. The Bertz CT molecular complexity index is 73.2. The fourth-order valence-corrected chi connectivity index (χ4v) is 1.13. The van der Waals surface area contributed by atoms with E-state index in [9.17, 15) is 0 Å². The van der Waals surface area contributed by atoms with E-state index < -0.39 is 0 Å². The Morgan fingerprint density at radius 3 is 1.46 bits per heavy atom. The van der Waals surface area contributed by atoms with E-state index in [-0.39, 0.29) is 0 Å². The molecule has 82 valence electrons. The second-order valence-electron chi connectivity index (χ2n) is 3.79. The van der Waals surface area contributed by atoms with Gasteiger partial charge >= 0.3 is 0 Å². The van der Waals surface area contributed by atoms with Gasteiger partial charge in [0.05, 0.1) is 0 Å². The molecule has 1 saturated carbocycles. The average Bonchev–Trinajstić information content (AvgIpc) is 2.60. The third-order valence-corrected chi connectivity index (χ3v) is 2.28. The fraction of sp³-hybridized carbons (Fsp3) is 1.00. The summed E-state index contributed by atoms with van der Waals surface area (Å²) in [6.07, 6.45) is 5.95. The molecule has 0 aliphatic heterocycles. The third-order valence-electron chi connectivity index (χ3n) is 2.28. The van der Waals surface area contributed by atoms with Crippen LogP contribution in [0.15, 0.2) is 0 Å². The molecule has 0 atom stereocenters. The van der Waals surface area contributed by atoms with Crippen molar-refractivity contribution in [3.8, 4) is 0 Å². The molecule has 0 aromatic heterocycles. The minimum atomic E-state index is 1.05. The van der Waals surface area contributed by atoms with E-state index in [4.69, 9.17) is 0 Å². The zero-order valence-electron chi connectivity index (χ0n) is 10.6. The highest BCUT2D eigenvalue weighted by molar-refractivity contribution is 4.60. The normalized spacial score (nSPS) is 15.9. The molecule has 0 saturated heterocycles. The Morgan fingerprint density at radius 2 is 1.38 bits per heavy atom. The highest BCUT2D eigenvalue weighted by Gasteiger charge is 2.07. The van der Waals surface area contributed by atoms with E-state index in [2.05, 4.69) is 32.8 Å². The molecule has 1 nitrogen and oxygen atoms in total. The van der Waals surface area contributed by atoms with E-state index in [1.807, 2.05) is 13.8 Å². The van der Waals surface area contributed by atoms with E-state index in [0.29, 0.717) is 0 Å². The first-order valence-corrected chi connectivity index (χ1v) is 5.81. The zero-order chi connectivity index (χ0) is 10.7. The summed E-state index contributed by atoms with van der Waals surface area (Å²) in [5.74, 6) is 1.05. The molecule has 13 heavy (non-hydrogen) atoms. The molecule has 1 aliphatic rings. The van der Waals surface area contributed by atoms with Crippen LogP contribution in [0.1, 0.15) is 53.4 Å². The Hall–Kier alpha value is -0.0400. The van der Waals surface area contributed by atoms with Crippen molar-refractivity contribution in [2.75, 3.05) is 20.6 Å². The van der Waals surface area contributed by atoms with Crippen molar-refractivity contribution >= 4 is 0 Å². The number of hydrogen-bond acceptors (Lipinski definition) is 1. The lowest BCUT2D eigenvalue weighted by atomic mass is 10.2. The Morgan fingerprint density at radius 1 is 1.08 bits per heavy atom. The van der Waals surface area contributed by atoms with Gasteiger partial charge in [-0.25, -0.2) is 0 Å². The predicted molar refractivity (Wildman–Crippen MR) is 63.2 cm³/mol. The maximum Gasteiger partial charge on any atom is -0.00533 e. The quantitative estimate of drug-likeness (QED) is 0.603. The van der Waals surface area contributed by atoms with Crippen LogP contribution in [0.3, 0.4) is 0 Å². The smallest absolute Gasteiger partial charge is 0.00533 e. The second kappa shape index (κ2) is 12.0. The summed E-state index contributed by atoms with van der Waals surface area (Å²) >= 11 is 0. The standard InChI is InChI=1S/C6H12.C4H11N.C2H6/c1-6-4-2-3-5-6;1-4-5(2)3;1-2/h6H,2-5H2,1H3;4H2,1-3H3;1-2H3. The maximum atomic E-state index is 2.34. The fourth-order valence-electron chi connectivity index (χ4n) is 1.13. The molecule has 1 fully saturated rings. The molecule has 0 aromatic carbocycles. The van der Waals surface area contributed by atoms with Crippen molar-refractivity contribution < 1.29 is 0 Å². The van der Waals surface area contributed by atoms with Gasteiger partial charge in [0.25, 0.3) is 0 Å². The van der Waals surface area contributed by atoms with Gasteiger partial charge in [-0.3, -0.25) is 0 Å². The van der Waals surface area contributed by atoms with Crippen molar-refractivity contribution in [3.63, 3.8) is 0 Å². The number of rotatable bonds is 1. The number of hydrogen-bond donors (Lipinski definition) is 0. The topological polar surface area (TPSA) is 3.24 Å². The van der Waals surface area contributed by atoms with Gasteiger partial charge in [-0.05, 0) is 26.6 Å². The summed E-state index contributed by atoms with van der Waals surface area (Å²) in [5, 5.41) is 0. The molecule has 0 radical (unpaired) electrons. The van der Waals surface area contributed by atoms with Gasteiger partial charge in [-0.2, -0.15) is 0 Å². The van der Waals surface area contributed by atoms with Crippen molar-refractivity contribution in [1.29, 1.82) is 0 Å². The average molecular weight is 187 g/mol. The summed E-state index contributed by atoms with van der Waals surface area (Å²) in [7, 11) is 4.11. The largest absolute Gasteiger partial charge is 0.310 e. The number of nitrogens with zero attached hydrogens (tertiary/aromatic N) is 1. The molecule has 1 heteroatoms. The van der Waals surface area contributed by atoms with Crippen molar-refractivity contribution in [1.82, 2.24) is 4.90 Å². The van der Waals surface area contributed by atoms with Crippen molar-refractivity contribution in [2.24, 2.45) is 5.92 Å². The van der Waals surface area contributed by atoms with Gasteiger partial charge in [0, 0.05) is 0 Å². The Labute approximate surface area is 85.5 Å². The molecule has 1 aliphatic carbocycles. The summed E-state index contributed by atoms with van der Waals surface area (Å²) in [6.45, 7) is 9.60. The van der Waals surface area contributed by atoms with Crippen LogP contribution in [0.2, 0.25) is 0 Å². The van der Waals surface area contributed by atoms with Crippen LogP contribution in [0.4, 0.5) is 0 Å². The molecule has 0 amide bonds. The van der Waals surface area contributed by atoms with E-state index in [1.165, 1.54) is 25.7 Å². The van der Waals surface area contributed by atoms with Crippen molar-refractivity contribution in [3.05, 3.63) is 0 Å². The van der Waals surface area contributed by atoms with Crippen LogP contribution in [0.25, 0.3) is 0 Å². The molecule has 0 N–H and O–H groups in total. The summed E-state index contributed by atoms with van der Waals surface area (Å²) in [6, 6.07) is 0. The molecule has 0 aromatic rings. The summed E-state index contributed by atoms with van der Waals surface area (Å²) < 4.78 is 0. The highest BCUT2D eigenvalue weighted by atomic mass is 15.0. The van der Waals surface area contributed by atoms with Gasteiger partial charge in [-0.15, -0.1) is 0 Å². The van der Waals surface area contributed by atoms with Crippen LogP contribution in [-0.2, 0) is 0 Å². The molecule has 0 unspecified atom stereocenters. The van der Waals surface area contributed by atoms with Crippen LogP contribution >= 0.6 is 0 Å². The summed E-state index contributed by atoms with van der Waals surface area (Å²) in [4.78, 5) is 2.12. The van der Waals surface area contributed by atoms with E-state index in [0.717, 1.165) is 12.5 Å². The molecular formula is C12H29N. The lowest BCUT2D eigenvalue weighted by molar-refractivity contribution is 0.434. The van der Waals surface area contributed by atoms with Gasteiger partial charge in [-0.1, -0.05) is 53.4 Å². The van der Waals surface area contributed by atoms with Crippen LogP contribution in [0.5, 0.6) is 0 Å².